The lowest BCUT2D eigenvalue weighted by Crippen LogP contribution is -2.26. The number of ether oxygens (including phenoxy) is 1. The smallest absolute Gasteiger partial charge is 0.142 e. The highest BCUT2D eigenvalue weighted by molar-refractivity contribution is 5.80. The zero-order chi connectivity index (χ0) is 18.8. The Balaban J connectivity index is 1.70. The second-order valence-electron chi connectivity index (χ2n) is 7.01. The highest BCUT2D eigenvalue weighted by Gasteiger charge is 2.22. The molecule has 5 nitrogen and oxygen atoms in total. The largest absolute Gasteiger partial charge is 0.380 e. The summed E-state index contributed by atoms with van der Waals surface area (Å²) in [4.78, 5) is 11.8. The molecule has 0 N–H and O–H groups in total. The fourth-order valence-corrected chi connectivity index (χ4v) is 3.80. The minimum absolute atomic E-state index is 0.261. The Morgan fingerprint density at radius 2 is 2.15 bits per heavy atom. The van der Waals surface area contributed by atoms with Crippen LogP contribution in [-0.4, -0.2) is 40.3 Å². The summed E-state index contributed by atoms with van der Waals surface area (Å²) < 4.78 is 21.3. The van der Waals surface area contributed by atoms with Crippen molar-refractivity contribution in [1.29, 1.82) is 0 Å². The van der Waals surface area contributed by atoms with E-state index >= 15 is 0 Å². The molecule has 0 aliphatic carbocycles. The molecule has 0 saturated carbocycles. The molecular formula is C21H25FN4O. The van der Waals surface area contributed by atoms with Crippen molar-refractivity contribution in [3.8, 4) is 11.4 Å². The number of anilines is 1. The van der Waals surface area contributed by atoms with Gasteiger partial charge in [0.15, 0.2) is 0 Å². The van der Waals surface area contributed by atoms with Crippen LogP contribution in [0.25, 0.3) is 22.4 Å². The van der Waals surface area contributed by atoms with E-state index in [-0.39, 0.29) is 5.82 Å². The maximum atomic E-state index is 13.8. The van der Waals surface area contributed by atoms with Crippen LogP contribution in [0.15, 0.2) is 36.5 Å². The lowest BCUT2D eigenvalue weighted by molar-refractivity contribution is 0.140. The average molecular weight is 368 g/mol. The van der Waals surface area contributed by atoms with E-state index in [1.165, 1.54) is 25.0 Å². The predicted molar refractivity (Wildman–Crippen MR) is 105 cm³/mol. The van der Waals surface area contributed by atoms with Crippen molar-refractivity contribution in [3.63, 3.8) is 0 Å². The number of hydrogen-bond acceptors (Lipinski definition) is 4. The number of nitrogens with zero attached hydrogens (tertiary/aromatic N) is 4. The third-order valence-corrected chi connectivity index (χ3v) is 5.23. The molecule has 1 aliphatic heterocycles. The standard InChI is InChI=1S/C21H25FN4O/c1-3-27-12-11-26-19-13-17(22)7-8-18(19)24-21(26)16-6-9-20(23-14-16)25-10-4-5-15(25)2/h6-9,13-15H,3-5,10-12H2,1-2H3. The van der Waals surface area contributed by atoms with Gasteiger partial charge < -0.3 is 14.2 Å². The third kappa shape index (κ3) is 3.54. The second kappa shape index (κ2) is 7.64. The maximum Gasteiger partial charge on any atom is 0.142 e. The van der Waals surface area contributed by atoms with Gasteiger partial charge in [0, 0.05) is 37.5 Å². The molecule has 3 heterocycles. The highest BCUT2D eigenvalue weighted by Crippen LogP contribution is 2.28. The topological polar surface area (TPSA) is 43.2 Å². The van der Waals surface area contributed by atoms with Crippen LogP contribution in [0.1, 0.15) is 26.7 Å². The van der Waals surface area contributed by atoms with Crippen molar-refractivity contribution in [1.82, 2.24) is 14.5 Å². The van der Waals surface area contributed by atoms with Crippen LogP contribution in [0.5, 0.6) is 0 Å². The molecule has 1 fully saturated rings. The summed E-state index contributed by atoms with van der Waals surface area (Å²) in [6.07, 6.45) is 4.29. The van der Waals surface area contributed by atoms with Gasteiger partial charge in [-0.15, -0.1) is 0 Å². The zero-order valence-electron chi connectivity index (χ0n) is 15.9. The molecule has 27 heavy (non-hydrogen) atoms. The first kappa shape index (κ1) is 17.9. The number of aromatic nitrogens is 3. The molecule has 1 aromatic carbocycles. The number of halogens is 1. The van der Waals surface area contributed by atoms with Crippen LogP contribution in [0.3, 0.4) is 0 Å². The van der Waals surface area contributed by atoms with Crippen LogP contribution in [0, 0.1) is 5.82 Å². The summed E-state index contributed by atoms with van der Waals surface area (Å²) in [7, 11) is 0. The zero-order valence-corrected chi connectivity index (χ0v) is 15.9. The van der Waals surface area contributed by atoms with Gasteiger partial charge in [-0.3, -0.25) is 0 Å². The molecule has 0 bridgehead atoms. The molecule has 4 rings (SSSR count). The summed E-state index contributed by atoms with van der Waals surface area (Å²) in [5.41, 5.74) is 2.49. The Morgan fingerprint density at radius 1 is 1.26 bits per heavy atom. The molecule has 1 saturated heterocycles. The molecule has 6 heteroatoms. The molecule has 0 spiro atoms. The Hall–Kier alpha value is -2.47. The molecule has 2 aromatic heterocycles. The fourth-order valence-electron chi connectivity index (χ4n) is 3.80. The second-order valence-corrected chi connectivity index (χ2v) is 7.01. The maximum absolute atomic E-state index is 13.8. The van der Waals surface area contributed by atoms with E-state index in [0.29, 0.717) is 25.8 Å². The highest BCUT2D eigenvalue weighted by atomic mass is 19.1. The summed E-state index contributed by atoms with van der Waals surface area (Å²) in [6.45, 7) is 7.09. The molecule has 0 amide bonds. The van der Waals surface area contributed by atoms with Crippen LogP contribution in [0.4, 0.5) is 10.2 Å². The van der Waals surface area contributed by atoms with Crippen molar-refractivity contribution in [2.75, 3.05) is 24.7 Å². The Labute approximate surface area is 158 Å². The van der Waals surface area contributed by atoms with E-state index in [1.807, 2.05) is 17.7 Å². The van der Waals surface area contributed by atoms with E-state index < -0.39 is 0 Å². The molecule has 0 radical (unpaired) electrons. The van der Waals surface area contributed by atoms with Gasteiger partial charge in [-0.05, 0) is 57.0 Å². The minimum Gasteiger partial charge on any atom is -0.380 e. The number of fused-ring (bicyclic) bond motifs is 1. The van der Waals surface area contributed by atoms with Gasteiger partial charge in [-0.2, -0.15) is 0 Å². The molecule has 142 valence electrons. The van der Waals surface area contributed by atoms with Gasteiger partial charge >= 0.3 is 0 Å². The lowest BCUT2D eigenvalue weighted by atomic mass is 10.2. The normalized spacial score (nSPS) is 17.1. The number of pyridine rings is 1. The Bertz CT molecular complexity index is 922. The van der Waals surface area contributed by atoms with E-state index in [0.717, 1.165) is 34.8 Å². The fraction of sp³-hybridized carbons (Fsp3) is 0.429. The average Bonchev–Trinajstić information content (AvgIpc) is 3.26. The Kier molecular flexibility index (Phi) is 5.07. The van der Waals surface area contributed by atoms with Gasteiger partial charge in [0.1, 0.15) is 17.5 Å². The van der Waals surface area contributed by atoms with Gasteiger partial charge in [0.05, 0.1) is 17.6 Å². The first-order valence-corrected chi connectivity index (χ1v) is 9.64. The summed E-state index contributed by atoms with van der Waals surface area (Å²) >= 11 is 0. The lowest BCUT2D eigenvalue weighted by Gasteiger charge is -2.22. The Morgan fingerprint density at radius 3 is 2.85 bits per heavy atom. The number of hydrogen-bond donors (Lipinski definition) is 0. The van der Waals surface area contributed by atoms with Crippen molar-refractivity contribution in [2.45, 2.75) is 39.3 Å². The van der Waals surface area contributed by atoms with Crippen molar-refractivity contribution in [2.24, 2.45) is 0 Å². The summed E-state index contributed by atoms with van der Waals surface area (Å²) in [5.74, 6) is 1.54. The molecule has 1 unspecified atom stereocenters. The third-order valence-electron chi connectivity index (χ3n) is 5.23. The van der Waals surface area contributed by atoms with Crippen LogP contribution >= 0.6 is 0 Å². The minimum atomic E-state index is -0.261. The van der Waals surface area contributed by atoms with E-state index in [1.54, 1.807) is 6.07 Å². The van der Waals surface area contributed by atoms with Gasteiger partial charge in [0.2, 0.25) is 0 Å². The van der Waals surface area contributed by atoms with Gasteiger partial charge in [0.25, 0.3) is 0 Å². The van der Waals surface area contributed by atoms with Crippen LogP contribution in [0.2, 0.25) is 0 Å². The number of rotatable bonds is 6. The molecule has 1 atom stereocenters. The van der Waals surface area contributed by atoms with Crippen LogP contribution < -0.4 is 4.90 Å². The number of benzene rings is 1. The number of imidazole rings is 1. The summed E-state index contributed by atoms with van der Waals surface area (Å²) in [5, 5.41) is 0. The van der Waals surface area contributed by atoms with Gasteiger partial charge in [-0.25, -0.2) is 14.4 Å². The predicted octanol–water partition coefficient (Wildman–Crippen LogP) is 4.26. The molecule has 1 aliphatic rings. The summed E-state index contributed by atoms with van der Waals surface area (Å²) in [6, 6.07) is 9.35. The van der Waals surface area contributed by atoms with Crippen molar-refractivity contribution < 1.29 is 9.13 Å². The quantitative estimate of drug-likeness (QED) is 0.610. The molecular weight excluding hydrogens is 343 g/mol. The van der Waals surface area contributed by atoms with Crippen LogP contribution in [-0.2, 0) is 11.3 Å². The van der Waals surface area contributed by atoms with Crippen molar-refractivity contribution in [3.05, 3.63) is 42.3 Å². The van der Waals surface area contributed by atoms with Gasteiger partial charge in [-0.1, -0.05) is 0 Å². The SMILES string of the molecule is CCOCCn1c(-c2ccc(N3CCCC3C)nc2)nc2ccc(F)cc21. The first-order valence-electron chi connectivity index (χ1n) is 9.64. The van der Waals surface area contributed by atoms with E-state index in [9.17, 15) is 4.39 Å². The van der Waals surface area contributed by atoms with E-state index in [2.05, 4.69) is 28.9 Å². The molecule has 3 aromatic rings. The first-order chi connectivity index (χ1) is 13.2. The van der Waals surface area contributed by atoms with E-state index in [4.69, 9.17) is 9.72 Å². The van der Waals surface area contributed by atoms with Crippen molar-refractivity contribution >= 4 is 16.9 Å². The monoisotopic (exact) mass is 368 g/mol.